The molecule has 5 nitrogen and oxygen atoms in total. The Morgan fingerprint density at radius 2 is 1.63 bits per heavy atom. The van der Waals surface area contributed by atoms with Crippen molar-refractivity contribution >= 4 is 12.1 Å². The van der Waals surface area contributed by atoms with Crippen LogP contribution in [0.15, 0.2) is 0 Å². The molecule has 1 fully saturated rings. The first-order valence-corrected chi connectivity index (χ1v) is 6.62. The monoisotopic (exact) mass is 271 g/mol. The molecule has 1 rings (SSSR count). The molecule has 110 valence electrons. The largest absolute Gasteiger partial charge is 0.481 e. The molecule has 1 saturated heterocycles. The van der Waals surface area contributed by atoms with Gasteiger partial charge in [-0.25, -0.2) is 4.79 Å². The number of hydrogen-bond acceptors (Lipinski definition) is 3. The third-order valence-corrected chi connectivity index (χ3v) is 3.40. The number of hydrogen-bond donors (Lipinski definition) is 1. The lowest BCUT2D eigenvalue weighted by Crippen LogP contribution is -2.36. The van der Waals surface area contributed by atoms with Gasteiger partial charge < -0.3 is 14.7 Å². The standard InChI is InChI=1S/C14H25NO4/c1-13(2,3)10-8-15(7-9(10)11(16)17)12(18)19-14(4,5)6/h9-10H,7-8H2,1-6H3,(H,16,17). The molecule has 0 spiro atoms. The van der Waals surface area contributed by atoms with E-state index in [1.54, 1.807) is 20.8 Å². The van der Waals surface area contributed by atoms with Gasteiger partial charge in [-0.2, -0.15) is 0 Å². The lowest BCUT2D eigenvalue weighted by Gasteiger charge is -2.29. The molecule has 0 aromatic heterocycles. The zero-order valence-corrected chi connectivity index (χ0v) is 12.7. The first-order valence-electron chi connectivity index (χ1n) is 6.62. The van der Waals surface area contributed by atoms with Crippen LogP contribution in [0.4, 0.5) is 4.79 Å². The van der Waals surface area contributed by atoms with Crippen molar-refractivity contribution < 1.29 is 19.4 Å². The number of ether oxygens (including phenoxy) is 1. The number of likely N-dealkylation sites (tertiary alicyclic amines) is 1. The maximum atomic E-state index is 12.0. The minimum absolute atomic E-state index is 0.0579. The highest BCUT2D eigenvalue weighted by Gasteiger charge is 2.45. The fourth-order valence-corrected chi connectivity index (χ4v) is 2.41. The zero-order chi connectivity index (χ0) is 15.0. The zero-order valence-electron chi connectivity index (χ0n) is 12.7. The lowest BCUT2D eigenvalue weighted by atomic mass is 9.75. The Balaban J connectivity index is 2.81. The van der Waals surface area contributed by atoms with Crippen molar-refractivity contribution in [3.8, 4) is 0 Å². The molecule has 5 heteroatoms. The van der Waals surface area contributed by atoms with Crippen LogP contribution in [0.1, 0.15) is 41.5 Å². The van der Waals surface area contributed by atoms with Crippen LogP contribution in [0.25, 0.3) is 0 Å². The molecule has 0 aromatic rings. The molecule has 19 heavy (non-hydrogen) atoms. The average Bonchev–Trinajstić information content (AvgIpc) is 2.57. The molecule has 0 bridgehead atoms. The van der Waals surface area contributed by atoms with Gasteiger partial charge in [-0.15, -0.1) is 0 Å². The Bertz CT molecular complexity index is 365. The summed E-state index contributed by atoms with van der Waals surface area (Å²) in [7, 11) is 0. The number of carbonyl (C=O) groups is 2. The number of nitrogens with zero attached hydrogens (tertiary/aromatic N) is 1. The van der Waals surface area contributed by atoms with E-state index in [9.17, 15) is 14.7 Å². The van der Waals surface area contributed by atoms with Crippen molar-refractivity contribution in [2.45, 2.75) is 47.1 Å². The summed E-state index contributed by atoms with van der Waals surface area (Å²) in [6.45, 7) is 12.1. The van der Waals surface area contributed by atoms with Crippen LogP contribution < -0.4 is 0 Å². The number of carboxylic acids is 1. The van der Waals surface area contributed by atoms with Gasteiger partial charge in [-0.3, -0.25) is 4.79 Å². The second-order valence-electron chi connectivity index (χ2n) is 7.30. The van der Waals surface area contributed by atoms with Gasteiger partial charge in [0.1, 0.15) is 5.60 Å². The molecule has 1 amide bonds. The molecule has 1 N–H and O–H groups in total. The maximum Gasteiger partial charge on any atom is 0.410 e. The Kier molecular flexibility index (Phi) is 4.17. The van der Waals surface area contributed by atoms with Crippen LogP contribution in [-0.2, 0) is 9.53 Å². The van der Waals surface area contributed by atoms with Crippen LogP contribution in [0.2, 0.25) is 0 Å². The summed E-state index contributed by atoms with van der Waals surface area (Å²) in [5.41, 5.74) is -0.713. The molecule has 2 atom stereocenters. The van der Waals surface area contributed by atoms with Crippen LogP contribution in [-0.4, -0.2) is 40.8 Å². The average molecular weight is 271 g/mol. The molecule has 0 aliphatic carbocycles. The van der Waals surface area contributed by atoms with Gasteiger partial charge in [0.25, 0.3) is 0 Å². The highest BCUT2D eigenvalue weighted by molar-refractivity contribution is 5.74. The van der Waals surface area contributed by atoms with Crippen molar-refractivity contribution in [3.63, 3.8) is 0 Å². The summed E-state index contributed by atoms with van der Waals surface area (Å²) in [5.74, 6) is -1.42. The summed E-state index contributed by atoms with van der Waals surface area (Å²) in [4.78, 5) is 24.9. The SMILES string of the molecule is CC(C)(C)OC(=O)N1CC(C(=O)O)C(C(C)(C)C)C1. The summed E-state index contributed by atoms with van der Waals surface area (Å²) in [6.07, 6.45) is -0.425. The Morgan fingerprint density at radius 3 is 1.95 bits per heavy atom. The first kappa shape index (κ1) is 15.8. The van der Waals surface area contributed by atoms with E-state index in [4.69, 9.17) is 4.74 Å². The number of carbonyl (C=O) groups excluding carboxylic acids is 1. The number of carboxylic acid groups (broad SMARTS) is 1. The molecule has 0 radical (unpaired) electrons. The van der Waals surface area contributed by atoms with Crippen LogP contribution in [0.5, 0.6) is 0 Å². The van der Waals surface area contributed by atoms with E-state index in [2.05, 4.69) is 0 Å². The summed E-state index contributed by atoms with van der Waals surface area (Å²) >= 11 is 0. The summed E-state index contributed by atoms with van der Waals surface area (Å²) in [5, 5.41) is 9.30. The van der Waals surface area contributed by atoms with E-state index in [1.807, 2.05) is 20.8 Å². The predicted octanol–water partition coefficient (Wildman–Crippen LogP) is 2.60. The second-order valence-corrected chi connectivity index (χ2v) is 7.30. The highest BCUT2D eigenvalue weighted by atomic mass is 16.6. The van der Waals surface area contributed by atoms with Gasteiger partial charge in [-0.1, -0.05) is 20.8 Å². The molecule has 0 saturated carbocycles. The maximum absolute atomic E-state index is 12.0. The summed E-state index contributed by atoms with van der Waals surface area (Å²) < 4.78 is 5.30. The van der Waals surface area contributed by atoms with Crippen LogP contribution in [0, 0.1) is 17.3 Å². The highest BCUT2D eigenvalue weighted by Crippen LogP contribution is 2.38. The molecular formula is C14H25NO4. The van der Waals surface area contributed by atoms with Crippen molar-refractivity contribution in [2.75, 3.05) is 13.1 Å². The molecule has 0 aromatic carbocycles. The van der Waals surface area contributed by atoms with E-state index in [0.29, 0.717) is 6.54 Å². The second kappa shape index (κ2) is 5.02. The smallest absolute Gasteiger partial charge is 0.410 e. The van der Waals surface area contributed by atoms with Crippen molar-refractivity contribution in [1.29, 1.82) is 0 Å². The summed E-state index contributed by atoms with van der Waals surface area (Å²) in [6, 6.07) is 0. The van der Waals surface area contributed by atoms with Crippen molar-refractivity contribution in [3.05, 3.63) is 0 Å². The third-order valence-electron chi connectivity index (χ3n) is 3.40. The van der Waals surface area contributed by atoms with Gasteiger partial charge in [-0.05, 0) is 32.1 Å². The van der Waals surface area contributed by atoms with E-state index in [0.717, 1.165) is 0 Å². The number of amides is 1. The van der Waals surface area contributed by atoms with Gasteiger partial charge in [0.05, 0.1) is 5.92 Å². The fourth-order valence-electron chi connectivity index (χ4n) is 2.41. The van der Waals surface area contributed by atoms with Gasteiger partial charge in [0, 0.05) is 13.1 Å². The molecule has 1 heterocycles. The van der Waals surface area contributed by atoms with Gasteiger partial charge >= 0.3 is 12.1 Å². The quantitative estimate of drug-likeness (QED) is 0.796. The van der Waals surface area contributed by atoms with Crippen molar-refractivity contribution in [2.24, 2.45) is 17.3 Å². The first-order chi connectivity index (χ1) is 8.42. The minimum Gasteiger partial charge on any atom is -0.481 e. The number of aliphatic carboxylic acids is 1. The van der Waals surface area contributed by atoms with Crippen molar-refractivity contribution in [1.82, 2.24) is 4.90 Å². The van der Waals surface area contributed by atoms with E-state index < -0.39 is 23.6 Å². The van der Waals surface area contributed by atoms with Crippen LogP contribution >= 0.6 is 0 Å². The Morgan fingerprint density at radius 1 is 1.11 bits per heavy atom. The minimum atomic E-state index is -0.842. The Hall–Kier alpha value is -1.26. The van der Waals surface area contributed by atoms with Crippen LogP contribution in [0.3, 0.4) is 0 Å². The topological polar surface area (TPSA) is 66.8 Å². The van der Waals surface area contributed by atoms with E-state index in [1.165, 1.54) is 4.90 Å². The lowest BCUT2D eigenvalue weighted by molar-refractivity contribution is -0.143. The van der Waals surface area contributed by atoms with E-state index >= 15 is 0 Å². The van der Waals surface area contributed by atoms with Gasteiger partial charge in [0.2, 0.25) is 0 Å². The normalized spacial score (nSPS) is 24.4. The molecule has 1 aliphatic rings. The number of rotatable bonds is 1. The third kappa shape index (κ3) is 4.11. The Labute approximate surface area is 114 Å². The predicted molar refractivity (Wildman–Crippen MR) is 71.9 cm³/mol. The molecule has 1 aliphatic heterocycles. The molecular weight excluding hydrogens is 246 g/mol. The molecule has 2 unspecified atom stereocenters. The fraction of sp³-hybridized carbons (Fsp3) is 0.857. The van der Waals surface area contributed by atoms with Gasteiger partial charge in [0.15, 0.2) is 0 Å². The van der Waals surface area contributed by atoms with E-state index in [-0.39, 0.29) is 17.9 Å².